The van der Waals surface area contributed by atoms with E-state index in [1.54, 1.807) is 0 Å². The predicted molar refractivity (Wildman–Crippen MR) is 70.0 cm³/mol. The van der Waals surface area contributed by atoms with Crippen molar-refractivity contribution in [2.24, 2.45) is 5.41 Å². The van der Waals surface area contributed by atoms with Gasteiger partial charge in [-0.3, -0.25) is 14.9 Å². The summed E-state index contributed by atoms with van der Waals surface area (Å²) in [5.74, 6) is -3.50. The van der Waals surface area contributed by atoms with Crippen molar-refractivity contribution in [3.05, 3.63) is 33.9 Å². The number of benzene rings is 1. The summed E-state index contributed by atoms with van der Waals surface area (Å²) in [6.07, 6.45) is 2.02. The van der Waals surface area contributed by atoms with E-state index in [2.05, 4.69) is 5.32 Å². The lowest BCUT2D eigenvalue weighted by molar-refractivity contribution is -0.384. The highest BCUT2D eigenvalue weighted by Crippen LogP contribution is 2.44. The van der Waals surface area contributed by atoms with Gasteiger partial charge in [-0.25, -0.2) is 8.78 Å². The fourth-order valence-electron chi connectivity index (χ4n) is 2.55. The Labute approximate surface area is 118 Å². The van der Waals surface area contributed by atoms with Gasteiger partial charge in [-0.2, -0.15) is 0 Å². The zero-order valence-corrected chi connectivity index (χ0v) is 11.1. The van der Waals surface area contributed by atoms with Crippen LogP contribution in [0.2, 0.25) is 0 Å². The second-order valence-electron chi connectivity index (χ2n) is 5.29. The van der Waals surface area contributed by atoms with Crippen molar-refractivity contribution >= 4 is 17.3 Å². The van der Waals surface area contributed by atoms with Crippen LogP contribution in [-0.2, 0) is 4.79 Å². The fourth-order valence-corrected chi connectivity index (χ4v) is 2.55. The molecule has 1 saturated carbocycles. The Kier molecular flexibility index (Phi) is 4.06. The highest BCUT2D eigenvalue weighted by molar-refractivity contribution is 5.68. The quantitative estimate of drug-likeness (QED) is 0.622. The Hall–Kier alpha value is -2.25. The van der Waals surface area contributed by atoms with Gasteiger partial charge in [0.2, 0.25) is 0 Å². The van der Waals surface area contributed by atoms with Crippen LogP contribution in [-0.4, -0.2) is 22.5 Å². The summed E-state index contributed by atoms with van der Waals surface area (Å²) in [5, 5.41) is 22.3. The number of hydrogen-bond acceptors (Lipinski definition) is 4. The third-order valence-corrected chi connectivity index (χ3v) is 3.85. The summed E-state index contributed by atoms with van der Waals surface area (Å²) in [6, 6.07) is 1.57. The zero-order chi connectivity index (χ0) is 15.6. The molecular formula is C13H14F2N2O4. The maximum absolute atomic E-state index is 13.7. The molecule has 0 saturated heterocycles. The summed E-state index contributed by atoms with van der Waals surface area (Å²) < 4.78 is 26.9. The first-order valence-corrected chi connectivity index (χ1v) is 6.43. The molecule has 6 nitrogen and oxygen atoms in total. The molecule has 0 heterocycles. The van der Waals surface area contributed by atoms with E-state index in [1.165, 1.54) is 0 Å². The van der Waals surface area contributed by atoms with Gasteiger partial charge in [0.25, 0.3) is 5.69 Å². The van der Waals surface area contributed by atoms with Crippen molar-refractivity contribution < 1.29 is 23.6 Å². The molecule has 2 rings (SSSR count). The van der Waals surface area contributed by atoms with Crippen LogP contribution < -0.4 is 5.32 Å². The summed E-state index contributed by atoms with van der Waals surface area (Å²) in [6.45, 7) is 0.0561. The van der Waals surface area contributed by atoms with Crippen molar-refractivity contribution in [3.63, 3.8) is 0 Å². The van der Waals surface area contributed by atoms with Gasteiger partial charge < -0.3 is 10.4 Å². The Balaban J connectivity index is 2.21. The van der Waals surface area contributed by atoms with Crippen LogP contribution in [0.15, 0.2) is 12.1 Å². The minimum atomic E-state index is -1.33. The Morgan fingerprint density at radius 1 is 1.43 bits per heavy atom. The maximum Gasteiger partial charge on any atom is 0.303 e. The number of nitro benzene ring substituents is 1. The van der Waals surface area contributed by atoms with Crippen molar-refractivity contribution in [2.45, 2.75) is 25.7 Å². The number of anilines is 1. The van der Waals surface area contributed by atoms with Crippen LogP contribution in [0, 0.1) is 27.2 Å². The molecule has 1 aromatic rings. The molecule has 0 amide bonds. The average molecular weight is 300 g/mol. The Morgan fingerprint density at radius 2 is 2.10 bits per heavy atom. The van der Waals surface area contributed by atoms with E-state index >= 15 is 0 Å². The van der Waals surface area contributed by atoms with Crippen LogP contribution in [0.5, 0.6) is 0 Å². The molecule has 8 heteroatoms. The lowest BCUT2D eigenvalue weighted by Crippen LogP contribution is -2.38. The van der Waals surface area contributed by atoms with Gasteiger partial charge in [-0.15, -0.1) is 0 Å². The highest BCUT2D eigenvalue weighted by atomic mass is 19.2. The molecule has 2 N–H and O–H groups in total. The monoisotopic (exact) mass is 300 g/mol. The molecule has 1 fully saturated rings. The molecular weight excluding hydrogens is 286 g/mol. The van der Waals surface area contributed by atoms with Crippen LogP contribution in [0.25, 0.3) is 0 Å². The molecule has 0 aliphatic heterocycles. The average Bonchev–Trinajstić information content (AvgIpc) is 2.36. The summed E-state index contributed by atoms with van der Waals surface area (Å²) in [5.41, 5.74) is -1.66. The fraction of sp³-hybridized carbons (Fsp3) is 0.462. The SMILES string of the molecule is O=C(O)CC1(CNc2c([N+](=O)[O-])ccc(F)c2F)CCC1. The third kappa shape index (κ3) is 3.09. The van der Waals surface area contributed by atoms with Crippen LogP contribution >= 0.6 is 0 Å². The second kappa shape index (κ2) is 5.63. The van der Waals surface area contributed by atoms with E-state index in [0.29, 0.717) is 18.9 Å². The first-order valence-electron chi connectivity index (χ1n) is 6.43. The van der Waals surface area contributed by atoms with Crippen LogP contribution in [0.4, 0.5) is 20.2 Å². The van der Waals surface area contributed by atoms with Crippen LogP contribution in [0.3, 0.4) is 0 Å². The summed E-state index contributed by atoms with van der Waals surface area (Å²) >= 11 is 0. The maximum atomic E-state index is 13.7. The molecule has 0 unspecified atom stereocenters. The topological polar surface area (TPSA) is 92.5 Å². The number of carboxylic acids is 1. The van der Waals surface area contributed by atoms with Crippen LogP contribution in [0.1, 0.15) is 25.7 Å². The van der Waals surface area contributed by atoms with Gasteiger partial charge >= 0.3 is 5.97 Å². The minimum absolute atomic E-state index is 0.0561. The number of nitrogens with zero attached hydrogens (tertiary/aromatic N) is 1. The molecule has 0 atom stereocenters. The third-order valence-electron chi connectivity index (χ3n) is 3.85. The van der Waals surface area contributed by atoms with Crippen molar-refractivity contribution in [1.29, 1.82) is 0 Å². The zero-order valence-electron chi connectivity index (χ0n) is 11.1. The summed E-state index contributed by atoms with van der Waals surface area (Å²) in [7, 11) is 0. The number of halogens is 2. The number of nitrogens with one attached hydrogen (secondary N) is 1. The molecule has 114 valence electrons. The number of carbonyl (C=O) groups is 1. The van der Waals surface area contributed by atoms with Crippen molar-refractivity contribution in [1.82, 2.24) is 0 Å². The number of carboxylic acid groups (broad SMARTS) is 1. The molecule has 0 spiro atoms. The Bertz CT molecular complexity index is 588. The number of nitro groups is 1. The van der Waals surface area contributed by atoms with Crippen molar-refractivity contribution in [2.75, 3.05) is 11.9 Å². The first-order chi connectivity index (χ1) is 9.84. The normalized spacial score (nSPS) is 16.1. The van der Waals surface area contributed by atoms with E-state index in [4.69, 9.17) is 5.11 Å². The van der Waals surface area contributed by atoms with E-state index in [9.17, 15) is 23.7 Å². The van der Waals surface area contributed by atoms with Gasteiger partial charge in [0.05, 0.1) is 11.3 Å². The second-order valence-corrected chi connectivity index (χ2v) is 5.29. The number of rotatable bonds is 6. The van der Waals surface area contributed by atoms with E-state index in [1.807, 2.05) is 0 Å². The summed E-state index contributed by atoms with van der Waals surface area (Å²) in [4.78, 5) is 20.9. The largest absolute Gasteiger partial charge is 0.481 e. The standard InChI is InChI=1S/C13H14F2N2O4/c14-8-2-3-9(17(20)21)12(11(8)15)16-7-13(4-1-5-13)6-10(18)19/h2-3,16H,1,4-7H2,(H,18,19). The van der Waals surface area contributed by atoms with E-state index < -0.39 is 39.3 Å². The molecule has 1 aliphatic rings. The van der Waals surface area contributed by atoms with Gasteiger partial charge in [0, 0.05) is 12.6 Å². The Morgan fingerprint density at radius 3 is 2.57 bits per heavy atom. The van der Waals surface area contributed by atoms with Gasteiger partial charge in [-0.05, 0) is 24.3 Å². The lowest BCUT2D eigenvalue weighted by Gasteiger charge is -2.41. The van der Waals surface area contributed by atoms with Gasteiger partial charge in [-0.1, -0.05) is 6.42 Å². The van der Waals surface area contributed by atoms with E-state index in [-0.39, 0.29) is 13.0 Å². The minimum Gasteiger partial charge on any atom is -0.481 e. The van der Waals surface area contributed by atoms with Gasteiger partial charge in [0.1, 0.15) is 0 Å². The van der Waals surface area contributed by atoms with Gasteiger partial charge in [0.15, 0.2) is 17.3 Å². The smallest absolute Gasteiger partial charge is 0.303 e. The number of aliphatic carboxylic acids is 1. The molecule has 1 aliphatic carbocycles. The molecule has 1 aromatic carbocycles. The number of hydrogen-bond donors (Lipinski definition) is 2. The first kappa shape index (κ1) is 15.1. The highest BCUT2D eigenvalue weighted by Gasteiger charge is 2.39. The molecule has 0 aromatic heterocycles. The molecule has 0 radical (unpaired) electrons. The lowest BCUT2D eigenvalue weighted by atomic mass is 9.66. The molecule has 21 heavy (non-hydrogen) atoms. The molecule has 0 bridgehead atoms. The van der Waals surface area contributed by atoms with Crippen molar-refractivity contribution in [3.8, 4) is 0 Å². The predicted octanol–water partition coefficient (Wildman–Crippen LogP) is 2.93. The van der Waals surface area contributed by atoms with E-state index in [0.717, 1.165) is 12.5 Å².